The summed E-state index contributed by atoms with van der Waals surface area (Å²) in [5.41, 5.74) is 27.6. The van der Waals surface area contributed by atoms with Gasteiger partial charge in [0.15, 0.2) is 0 Å². The topological polar surface area (TPSA) is 0 Å². The molecule has 15 rings (SSSR count). The molecule has 5 aliphatic carbocycles. The van der Waals surface area contributed by atoms with Gasteiger partial charge in [-0.1, -0.05) is 335 Å². The molecule has 10 aromatic rings. The summed E-state index contributed by atoms with van der Waals surface area (Å²) in [6.45, 7) is 22.1. The fourth-order valence-electron chi connectivity index (χ4n) is 18.9. The van der Waals surface area contributed by atoms with E-state index in [1.54, 1.807) is 0 Å². The summed E-state index contributed by atoms with van der Waals surface area (Å²) < 4.78 is 0. The molecule has 0 aromatic heterocycles. The van der Waals surface area contributed by atoms with E-state index in [2.05, 4.69) is 371 Å². The van der Waals surface area contributed by atoms with Crippen molar-refractivity contribution in [2.24, 2.45) is 29.6 Å². The van der Waals surface area contributed by atoms with E-state index in [1.807, 2.05) is 0 Å². The van der Waals surface area contributed by atoms with Gasteiger partial charge in [-0.2, -0.15) is 0 Å². The number of aryl methyl sites for hydroxylation is 10. The minimum absolute atomic E-state index is 0.570. The lowest BCUT2D eigenvalue weighted by Crippen LogP contribution is -2.12. The van der Waals surface area contributed by atoms with Crippen molar-refractivity contribution in [1.29, 1.82) is 0 Å². The van der Waals surface area contributed by atoms with Gasteiger partial charge in [0, 0.05) is 57.4 Å². The van der Waals surface area contributed by atoms with E-state index in [4.69, 9.17) is 0 Å². The lowest BCUT2D eigenvalue weighted by Gasteiger charge is -2.26. The SMILES string of the molecule is CCCCCc1ccc([C@H]2CC[C@H](C#Cc3ccc(CC)cc3)CC2)cc1.CCCCc1ccc([C@H]2CC[C@H](C#Cc3ccc(CC)cc3)CC2)cc1.CCCc1ccc([C@H]2CC[C@H](C#Cc3ccc(CC)cc3)CC2)cc1.CCc1ccc(C#C[C@H]2CC[C@H](c3ccc(C)cc3)CC2)cc1.CCc1ccc(C#C[C@H]2CC[C@H](c3ccc(CC)cc3)CC2)cc1. The predicted molar refractivity (Wildman–Crippen MR) is 539 cm³/mol. The summed E-state index contributed by atoms with van der Waals surface area (Å²) >= 11 is 0. The molecule has 0 heterocycles. The van der Waals surface area contributed by atoms with E-state index in [0.29, 0.717) is 29.6 Å². The van der Waals surface area contributed by atoms with Gasteiger partial charge in [0.25, 0.3) is 0 Å². The maximum atomic E-state index is 3.54. The van der Waals surface area contributed by atoms with Crippen molar-refractivity contribution in [3.8, 4) is 59.2 Å². The molecule has 5 aliphatic rings. The van der Waals surface area contributed by atoms with E-state index in [9.17, 15) is 0 Å². The molecule has 5 fully saturated rings. The lowest BCUT2D eigenvalue weighted by atomic mass is 9.78. The van der Waals surface area contributed by atoms with Crippen LogP contribution in [0.2, 0.25) is 0 Å². The van der Waals surface area contributed by atoms with Crippen molar-refractivity contribution < 1.29 is 0 Å². The first-order valence-electron chi connectivity index (χ1n) is 49.8. The van der Waals surface area contributed by atoms with E-state index < -0.39 is 0 Å². The quantitative estimate of drug-likeness (QED) is 0.0527. The van der Waals surface area contributed by atoms with Gasteiger partial charge < -0.3 is 0 Å². The molecule has 0 spiro atoms. The highest BCUT2D eigenvalue weighted by Gasteiger charge is 2.26. The Morgan fingerprint density at radius 2 is 0.368 bits per heavy atom. The van der Waals surface area contributed by atoms with Crippen LogP contribution in [0.5, 0.6) is 0 Å². The average Bonchev–Trinajstić information content (AvgIpc) is 0.863. The van der Waals surface area contributed by atoms with Crippen LogP contribution >= 0.6 is 0 Å². The van der Waals surface area contributed by atoms with Gasteiger partial charge in [-0.05, 0) is 374 Å². The third-order valence-corrected chi connectivity index (χ3v) is 27.7. The van der Waals surface area contributed by atoms with Crippen molar-refractivity contribution in [2.45, 2.75) is 324 Å². The molecule has 5 saturated carbocycles. The van der Waals surface area contributed by atoms with Crippen LogP contribution in [-0.4, -0.2) is 0 Å². The molecule has 0 aliphatic heterocycles. The predicted octanol–water partition coefficient (Wildman–Crippen LogP) is 32.8. The maximum absolute atomic E-state index is 3.54. The van der Waals surface area contributed by atoms with Gasteiger partial charge in [0.2, 0.25) is 0 Å². The highest BCUT2D eigenvalue weighted by molar-refractivity contribution is 5.43. The summed E-state index contributed by atoms with van der Waals surface area (Å²) in [5, 5.41) is 0. The molecule has 0 unspecified atom stereocenters. The molecule has 0 saturated heterocycles. The molecule has 650 valence electrons. The Labute approximate surface area is 761 Å². The molecule has 0 amide bonds. The van der Waals surface area contributed by atoms with Crippen LogP contribution in [0.3, 0.4) is 0 Å². The summed E-state index contributed by atoms with van der Waals surface area (Å²) in [4.78, 5) is 0. The zero-order chi connectivity index (χ0) is 87.4. The Hall–Kier alpha value is -10.0. The maximum Gasteiger partial charge on any atom is 0.0245 e. The highest BCUT2D eigenvalue weighted by atomic mass is 14.3. The molecule has 0 atom stereocenters. The van der Waals surface area contributed by atoms with Crippen molar-refractivity contribution >= 4 is 0 Å². The molecule has 0 N–H and O–H groups in total. The normalized spacial score (nSPS) is 19.9. The van der Waals surface area contributed by atoms with Gasteiger partial charge in [-0.15, -0.1) is 0 Å². The van der Waals surface area contributed by atoms with Crippen molar-refractivity contribution in [2.75, 3.05) is 0 Å². The minimum Gasteiger partial charge on any atom is -0.0945 e. The van der Waals surface area contributed by atoms with Crippen LogP contribution in [0.1, 0.15) is 370 Å². The second-order valence-electron chi connectivity index (χ2n) is 36.9. The van der Waals surface area contributed by atoms with Gasteiger partial charge in [0.05, 0.1) is 0 Å². The van der Waals surface area contributed by atoms with Crippen LogP contribution < -0.4 is 0 Å². The molecule has 0 radical (unpaired) electrons. The highest BCUT2D eigenvalue weighted by Crippen LogP contribution is 2.41. The van der Waals surface area contributed by atoms with Gasteiger partial charge in [0.1, 0.15) is 0 Å². The Bertz CT molecular complexity index is 5030. The van der Waals surface area contributed by atoms with E-state index in [0.717, 1.165) is 95.9 Å². The number of hydrogen-bond acceptors (Lipinski definition) is 0. The monoisotopic (exact) mass is 1650 g/mol. The lowest BCUT2D eigenvalue weighted by molar-refractivity contribution is 0.384. The van der Waals surface area contributed by atoms with Crippen molar-refractivity contribution in [3.63, 3.8) is 0 Å². The molecule has 10 aromatic carbocycles. The molecular formula is C125H150. The molecular weight excluding hydrogens is 1500 g/mol. The van der Waals surface area contributed by atoms with E-state index in [1.165, 1.54) is 270 Å². The van der Waals surface area contributed by atoms with Crippen molar-refractivity contribution in [3.05, 3.63) is 354 Å². The zero-order valence-corrected chi connectivity index (χ0v) is 78.6. The van der Waals surface area contributed by atoms with Gasteiger partial charge >= 0.3 is 0 Å². The Kier molecular flexibility index (Phi) is 40.9. The first-order valence-corrected chi connectivity index (χ1v) is 49.8. The molecule has 0 heteroatoms. The number of benzene rings is 10. The fourth-order valence-corrected chi connectivity index (χ4v) is 18.9. The van der Waals surface area contributed by atoms with E-state index >= 15 is 0 Å². The number of unbranched alkanes of at least 4 members (excludes halogenated alkanes) is 3. The third-order valence-electron chi connectivity index (χ3n) is 27.7. The zero-order valence-electron chi connectivity index (χ0n) is 78.6. The van der Waals surface area contributed by atoms with Crippen LogP contribution in [-0.2, 0) is 57.8 Å². The molecule has 0 bridgehead atoms. The molecule has 0 nitrogen and oxygen atoms in total. The number of rotatable bonds is 20. The summed E-state index contributed by atoms with van der Waals surface area (Å²) in [6, 6.07) is 90.2. The summed E-state index contributed by atoms with van der Waals surface area (Å²) in [5.74, 6) is 41.1. The minimum atomic E-state index is 0.570. The largest absolute Gasteiger partial charge is 0.0945 e. The Morgan fingerprint density at radius 1 is 0.184 bits per heavy atom. The van der Waals surface area contributed by atoms with Crippen LogP contribution in [0.25, 0.3) is 0 Å². The Morgan fingerprint density at radius 3 is 0.568 bits per heavy atom. The summed E-state index contributed by atoms with van der Waals surface area (Å²) in [7, 11) is 0. The Balaban J connectivity index is 0.000000152. The van der Waals surface area contributed by atoms with Crippen LogP contribution in [0.15, 0.2) is 243 Å². The second-order valence-corrected chi connectivity index (χ2v) is 36.9. The third kappa shape index (κ3) is 32.7. The average molecular weight is 1650 g/mol. The van der Waals surface area contributed by atoms with Crippen LogP contribution in [0.4, 0.5) is 0 Å². The van der Waals surface area contributed by atoms with Crippen LogP contribution in [0, 0.1) is 95.7 Å². The standard InChI is InChI=1S/C27H34.C26H32.C25H30.C24H28.C23H26/c1-3-5-6-7-23-14-18-26(19-15-23)27-20-16-25(17-21-27)13-12-24-10-8-22(4-2)9-11-24;1-3-5-6-22-13-17-25(18-14-22)26-19-15-24(16-20-26)12-11-23-9-7-21(4-2)8-10-23;1-3-5-21-12-16-24(17-13-21)25-18-14-23(15-19-25)11-10-22-8-6-20(4-2)7-9-22;1-3-19-5-7-21(8-6-19)9-10-22-13-17-24(18-14-22)23-15-11-20(4-2)12-16-23;1-3-19-6-8-20(9-7-19)10-11-21-12-16-23(17-13-21)22-14-4-18(2)5-15-22/h8-11,14-15,18-19,25,27H,3-7,16-17,20-21H2,1-2H3;7-10,13-14,17-18,24,26H,3-6,15-16,19-20H2,1-2H3;6-9,12-13,16-17,23,25H,3-5,14-15,18-19H2,1-2H3;5-8,11-12,15-16,22,24H,3-4,13-14,17-18H2,1-2H3;4-9,14-15,21,23H,3,12-13,16-17H2,1-2H3/t25-,27-;24-,26-;23-,25-;22-,24-;21-,23-. The van der Waals surface area contributed by atoms with Gasteiger partial charge in [-0.3, -0.25) is 0 Å². The summed E-state index contributed by atoms with van der Waals surface area (Å²) in [6.07, 6.45) is 43.2. The number of hydrogen-bond donors (Lipinski definition) is 0. The second kappa shape index (κ2) is 53.5. The molecule has 125 heavy (non-hydrogen) atoms. The van der Waals surface area contributed by atoms with Gasteiger partial charge in [-0.25, -0.2) is 0 Å². The fraction of sp³-hybridized carbons (Fsp3) is 0.440. The van der Waals surface area contributed by atoms with E-state index in [-0.39, 0.29) is 0 Å². The smallest absolute Gasteiger partial charge is 0.0245 e. The first kappa shape index (κ1) is 95.7. The first-order chi connectivity index (χ1) is 61.4. The van der Waals surface area contributed by atoms with Crippen molar-refractivity contribution in [1.82, 2.24) is 0 Å².